The van der Waals surface area contributed by atoms with E-state index in [0.717, 1.165) is 12.0 Å². The number of rotatable bonds is 4. The molecule has 0 spiro atoms. The molecular weight excluding hydrogens is 434 g/mol. The van der Waals surface area contributed by atoms with Crippen LogP contribution in [-0.2, 0) is 23.6 Å². The number of benzene rings is 1. The molecule has 12 heteroatoms. The van der Waals surface area contributed by atoms with Gasteiger partial charge in [0, 0.05) is 25.2 Å². The molecule has 2 unspecified atom stereocenters. The van der Waals surface area contributed by atoms with E-state index in [4.69, 9.17) is 0 Å². The summed E-state index contributed by atoms with van der Waals surface area (Å²) in [5.74, 6) is 0. The van der Waals surface area contributed by atoms with Gasteiger partial charge in [0.15, 0.2) is 0 Å². The number of carboxylic acid groups (broad SMARTS) is 1. The van der Waals surface area contributed by atoms with Gasteiger partial charge in [-0.15, -0.1) is 0 Å². The van der Waals surface area contributed by atoms with Gasteiger partial charge in [-0.3, -0.25) is 0 Å². The van der Waals surface area contributed by atoms with Crippen LogP contribution in [-0.4, -0.2) is 52.8 Å². The minimum absolute atomic E-state index is 0.0183. The van der Waals surface area contributed by atoms with E-state index in [1.54, 1.807) is 6.92 Å². The van der Waals surface area contributed by atoms with E-state index in [1.807, 2.05) is 0 Å². The Morgan fingerprint density at radius 3 is 2.10 bits per heavy atom. The van der Waals surface area contributed by atoms with Crippen LogP contribution in [0.1, 0.15) is 42.9 Å². The van der Waals surface area contributed by atoms with E-state index in [9.17, 15) is 41.0 Å². The predicted molar refractivity (Wildman–Crippen MR) is 96.2 cm³/mol. The second-order valence-electron chi connectivity index (χ2n) is 7.23. The van der Waals surface area contributed by atoms with E-state index in [0.29, 0.717) is 18.6 Å². The lowest BCUT2D eigenvalue weighted by atomic mass is 9.94. The molecule has 1 N–H and O–H groups in total. The Hall–Kier alpha value is -2.66. The van der Waals surface area contributed by atoms with Crippen LogP contribution in [0.2, 0.25) is 0 Å². The van der Waals surface area contributed by atoms with Crippen molar-refractivity contribution in [3.05, 3.63) is 34.9 Å². The molecule has 6 nitrogen and oxygen atoms in total. The third-order valence-electron chi connectivity index (χ3n) is 5.26. The number of amides is 2. The summed E-state index contributed by atoms with van der Waals surface area (Å²) in [6, 6.07) is 0.0845. The molecule has 1 aliphatic rings. The van der Waals surface area contributed by atoms with Crippen molar-refractivity contribution in [2.24, 2.45) is 0 Å². The van der Waals surface area contributed by atoms with Crippen LogP contribution in [0.5, 0.6) is 0 Å². The van der Waals surface area contributed by atoms with Crippen LogP contribution in [0, 0.1) is 0 Å². The quantitative estimate of drug-likeness (QED) is 0.632. The summed E-state index contributed by atoms with van der Waals surface area (Å²) in [7, 11) is 1.05. The normalized spacial score (nSPS) is 19.8. The van der Waals surface area contributed by atoms with Gasteiger partial charge >= 0.3 is 24.5 Å². The van der Waals surface area contributed by atoms with E-state index < -0.39 is 54.3 Å². The lowest BCUT2D eigenvalue weighted by Crippen LogP contribution is -2.52. The van der Waals surface area contributed by atoms with Crippen LogP contribution in [0.4, 0.5) is 35.9 Å². The Bertz CT molecular complexity index is 779. The first-order valence-corrected chi connectivity index (χ1v) is 9.40. The Morgan fingerprint density at radius 1 is 1.13 bits per heavy atom. The first-order valence-electron chi connectivity index (χ1n) is 9.40. The number of carbonyl (C=O) groups is 2. The minimum Gasteiger partial charge on any atom is -0.465 e. The number of ether oxygens (including phenoxy) is 1. The maximum Gasteiger partial charge on any atom is 0.416 e. The van der Waals surface area contributed by atoms with Gasteiger partial charge in [0.25, 0.3) is 0 Å². The summed E-state index contributed by atoms with van der Waals surface area (Å²) in [5.41, 5.74) is -3.31. The monoisotopic (exact) mass is 456 g/mol. The standard InChI is InChI=1S/C19H22F6N2O4/c1-3-14-9-15(4-5-26(14)16(28)29)27(17(30)31-2)10-11-6-12(18(20,21)22)8-13(7-11)19(23,24)25/h6-8,14-15H,3-5,9-10H2,1-2H3,(H,28,29). The van der Waals surface area contributed by atoms with Gasteiger partial charge in [-0.05, 0) is 43.0 Å². The summed E-state index contributed by atoms with van der Waals surface area (Å²) in [6.45, 7) is 1.27. The van der Waals surface area contributed by atoms with Gasteiger partial charge in [-0.1, -0.05) is 6.92 Å². The lowest BCUT2D eigenvalue weighted by Gasteiger charge is -2.41. The fourth-order valence-corrected chi connectivity index (χ4v) is 3.72. The number of methoxy groups -OCH3 is 1. The third kappa shape index (κ3) is 5.95. The van der Waals surface area contributed by atoms with Crippen molar-refractivity contribution in [1.82, 2.24) is 9.80 Å². The van der Waals surface area contributed by atoms with Crippen molar-refractivity contribution in [1.29, 1.82) is 0 Å². The van der Waals surface area contributed by atoms with Gasteiger partial charge in [-0.25, -0.2) is 9.59 Å². The summed E-state index contributed by atoms with van der Waals surface area (Å²) in [6.07, 6.45) is -11.3. The maximum atomic E-state index is 13.1. The maximum absolute atomic E-state index is 13.1. The van der Waals surface area contributed by atoms with Crippen molar-refractivity contribution in [2.75, 3.05) is 13.7 Å². The van der Waals surface area contributed by atoms with Crippen LogP contribution in [0.15, 0.2) is 18.2 Å². The molecule has 1 heterocycles. The molecule has 1 aromatic carbocycles. The molecule has 2 amide bonds. The second-order valence-corrected chi connectivity index (χ2v) is 7.23. The molecular formula is C19H22F6N2O4. The van der Waals surface area contributed by atoms with Crippen LogP contribution in [0.3, 0.4) is 0 Å². The van der Waals surface area contributed by atoms with E-state index in [1.165, 1.54) is 4.90 Å². The molecule has 2 atom stereocenters. The average Bonchev–Trinajstić information content (AvgIpc) is 2.69. The fourth-order valence-electron chi connectivity index (χ4n) is 3.72. The molecule has 174 valence electrons. The van der Waals surface area contributed by atoms with Crippen molar-refractivity contribution in [3.63, 3.8) is 0 Å². The topological polar surface area (TPSA) is 70.1 Å². The van der Waals surface area contributed by atoms with Gasteiger partial charge in [0.05, 0.1) is 18.2 Å². The third-order valence-corrected chi connectivity index (χ3v) is 5.26. The molecule has 0 aromatic heterocycles. The number of piperidine rings is 1. The van der Waals surface area contributed by atoms with Crippen molar-refractivity contribution >= 4 is 12.2 Å². The van der Waals surface area contributed by atoms with E-state index in [2.05, 4.69) is 4.74 Å². The highest BCUT2D eigenvalue weighted by atomic mass is 19.4. The van der Waals surface area contributed by atoms with Crippen molar-refractivity contribution in [3.8, 4) is 0 Å². The summed E-state index contributed by atoms with van der Waals surface area (Å²) >= 11 is 0. The van der Waals surface area contributed by atoms with Gasteiger partial charge in [0.2, 0.25) is 0 Å². The lowest BCUT2D eigenvalue weighted by molar-refractivity contribution is -0.143. The Labute approximate surface area is 174 Å². The van der Waals surface area contributed by atoms with Gasteiger partial charge < -0.3 is 19.6 Å². The number of halogens is 6. The molecule has 31 heavy (non-hydrogen) atoms. The van der Waals surface area contributed by atoms with E-state index >= 15 is 0 Å². The smallest absolute Gasteiger partial charge is 0.416 e. The number of hydrogen-bond acceptors (Lipinski definition) is 3. The first-order chi connectivity index (χ1) is 14.3. The number of likely N-dealkylation sites (tertiary alicyclic amines) is 1. The molecule has 0 aliphatic carbocycles. The second kappa shape index (κ2) is 9.23. The largest absolute Gasteiger partial charge is 0.465 e. The first kappa shape index (κ1) is 24.6. The predicted octanol–water partition coefficient (Wildman–Crippen LogP) is 5.21. The Morgan fingerprint density at radius 2 is 1.68 bits per heavy atom. The molecule has 0 saturated carbocycles. The molecule has 0 radical (unpaired) electrons. The van der Waals surface area contributed by atoms with Crippen molar-refractivity contribution in [2.45, 2.75) is 57.2 Å². The summed E-state index contributed by atoms with van der Waals surface area (Å²) in [4.78, 5) is 25.9. The molecule has 1 fully saturated rings. The number of hydrogen-bond donors (Lipinski definition) is 1. The van der Waals surface area contributed by atoms with Crippen molar-refractivity contribution < 1.29 is 45.8 Å². The summed E-state index contributed by atoms with van der Waals surface area (Å²) in [5, 5.41) is 9.28. The number of alkyl halides is 6. The zero-order valence-electron chi connectivity index (χ0n) is 16.8. The average molecular weight is 456 g/mol. The molecule has 1 saturated heterocycles. The number of nitrogens with zero attached hydrogens (tertiary/aromatic N) is 2. The van der Waals surface area contributed by atoms with Crippen LogP contribution in [0.25, 0.3) is 0 Å². The van der Waals surface area contributed by atoms with Gasteiger partial charge in [0.1, 0.15) is 0 Å². The highest BCUT2D eigenvalue weighted by molar-refractivity contribution is 5.68. The van der Waals surface area contributed by atoms with Crippen LogP contribution < -0.4 is 0 Å². The minimum atomic E-state index is -5.01. The zero-order chi connectivity index (χ0) is 23.6. The number of carbonyl (C=O) groups excluding carboxylic acids is 1. The SMILES string of the molecule is CCC1CC(N(Cc2cc(C(F)(F)F)cc(C(F)(F)F)c2)C(=O)OC)CCN1C(=O)O. The Kier molecular flexibility index (Phi) is 7.32. The molecule has 1 aromatic rings. The highest BCUT2D eigenvalue weighted by Crippen LogP contribution is 2.37. The highest BCUT2D eigenvalue weighted by Gasteiger charge is 2.39. The van der Waals surface area contributed by atoms with Gasteiger partial charge in [-0.2, -0.15) is 26.3 Å². The Balaban J connectivity index is 2.39. The van der Waals surface area contributed by atoms with E-state index in [-0.39, 0.29) is 31.0 Å². The summed E-state index contributed by atoms with van der Waals surface area (Å²) < 4.78 is 83.5. The zero-order valence-corrected chi connectivity index (χ0v) is 16.8. The molecule has 2 rings (SSSR count). The molecule has 0 bridgehead atoms. The van der Waals surface area contributed by atoms with Crippen LogP contribution >= 0.6 is 0 Å². The fraction of sp³-hybridized carbons (Fsp3) is 0.579. The molecule has 1 aliphatic heterocycles.